The summed E-state index contributed by atoms with van der Waals surface area (Å²) in [6.07, 6.45) is 3.85. The Hall–Kier alpha value is -2.36. The van der Waals surface area contributed by atoms with Gasteiger partial charge in [0.05, 0.1) is 29.1 Å². The molecule has 2 aromatic rings. The predicted octanol–water partition coefficient (Wildman–Crippen LogP) is 0.330. The maximum atomic E-state index is 12.2. The second-order valence-electron chi connectivity index (χ2n) is 6.00. The van der Waals surface area contributed by atoms with Crippen LogP contribution in [0.3, 0.4) is 0 Å². The number of rotatable bonds is 4. The summed E-state index contributed by atoms with van der Waals surface area (Å²) < 4.78 is 0. The lowest BCUT2D eigenvalue weighted by Crippen LogP contribution is -3.11. The van der Waals surface area contributed by atoms with Crippen LogP contribution < -0.4 is 21.3 Å². The van der Waals surface area contributed by atoms with Crippen LogP contribution >= 0.6 is 23.6 Å². The Bertz CT molecular complexity index is 850. The molecule has 3 rings (SSSR count). The molecule has 0 spiro atoms. The second-order valence-corrected chi connectivity index (χ2v) is 7.52. The summed E-state index contributed by atoms with van der Waals surface area (Å²) in [5.74, 6) is -0.842. The summed E-state index contributed by atoms with van der Waals surface area (Å²) in [6, 6.07) is 3.32. The number of aromatic nitrogens is 1. The van der Waals surface area contributed by atoms with Crippen molar-refractivity contribution >= 4 is 45.5 Å². The van der Waals surface area contributed by atoms with Gasteiger partial charge in [-0.2, -0.15) is 0 Å². The number of hydrogen-bond donors (Lipinski definition) is 4. The average Bonchev–Trinajstić information content (AvgIpc) is 2.99. The Morgan fingerprint density at radius 2 is 2.27 bits per heavy atom. The number of anilines is 1. The topological polar surface area (TPSA) is 102 Å². The molecule has 9 heteroatoms. The third-order valence-electron chi connectivity index (χ3n) is 4.35. The molecule has 2 amide bonds. The molecule has 0 bridgehead atoms. The van der Waals surface area contributed by atoms with Crippen LogP contribution in [0.15, 0.2) is 24.5 Å². The SMILES string of the molecule is CC[NH+]1CCc2c(sc(NC(=S)NC(=O)c3cccnc3)c2C(N)=O)C1. The summed E-state index contributed by atoms with van der Waals surface area (Å²) in [7, 11) is 0. The number of quaternary nitrogens is 1. The van der Waals surface area contributed by atoms with Gasteiger partial charge in [0.15, 0.2) is 5.11 Å². The van der Waals surface area contributed by atoms with E-state index in [1.54, 1.807) is 18.3 Å². The first-order valence-electron chi connectivity index (χ1n) is 8.29. The number of thiophene rings is 1. The Balaban J connectivity index is 1.77. The molecule has 1 unspecified atom stereocenters. The molecule has 2 aromatic heterocycles. The minimum Gasteiger partial charge on any atom is -0.365 e. The minimum atomic E-state index is -0.480. The van der Waals surface area contributed by atoms with Crippen LogP contribution in [0.25, 0.3) is 0 Å². The number of carbonyl (C=O) groups excluding carboxylic acids is 2. The molecule has 0 aromatic carbocycles. The first-order valence-corrected chi connectivity index (χ1v) is 9.52. The van der Waals surface area contributed by atoms with Gasteiger partial charge in [-0.05, 0) is 36.8 Å². The molecule has 0 fully saturated rings. The molecule has 1 atom stereocenters. The van der Waals surface area contributed by atoms with Crippen LogP contribution in [-0.4, -0.2) is 35.0 Å². The van der Waals surface area contributed by atoms with Crippen molar-refractivity contribution in [1.82, 2.24) is 10.3 Å². The molecule has 136 valence electrons. The molecule has 3 heterocycles. The number of fused-ring (bicyclic) bond motifs is 1. The van der Waals surface area contributed by atoms with Gasteiger partial charge in [-0.3, -0.25) is 19.9 Å². The van der Waals surface area contributed by atoms with Gasteiger partial charge in [0.2, 0.25) is 0 Å². The van der Waals surface area contributed by atoms with Gasteiger partial charge >= 0.3 is 0 Å². The standard InChI is InChI=1S/C17H19N5O2S2/c1-2-22-7-5-11-12(9-22)26-16(13(11)14(18)23)21-17(25)20-15(24)10-4-3-6-19-8-10/h3-4,6,8H,2,5,7,9H2,1H3,(H2,18,23)(H2,20,21,24,25)/p+1. The smallest absolute Gasteiger partial charge is 0.258 e. The van der Waals surface area contributed by atoms with Crippen molar-refractivity contribution in [1.29, 1.82) is 0 Å². The van der Waals surface area contributed by atoms with Crippen molar-refractivity contribution in [2.75, 3.05) is 18.4 Å². The van der Waals surface area contributed by atoms with Gasteiger partial charge in [0, 0.05) is 18.8 Å². The van der Waals surface area contributed by atoms with Crippen molar-refractivity contribution in [2.24, 2.45) is 5.73 Å². The molecule has 0 radical (unpaired) electrons. The van der Waals surface area contributed by atoms with E-state index in [0.717, 1.165) is 36.5 Å². The highest BCUT2D eigenvalue weighted by atomic mass is 32.1. The number of primary amides is 1. The van der Waals surface area contributed by atoms with E-state index in [-0.39, 0.29) is 11.0 Å². The average molecular weight is 391 g/mol. The lowest BCUT2D eigenvalue weighted by atomic mass is 10.0. The zero-order valence-electron chi connectivity index (χ0n) is 14.3. The lowest BCUT2D eigenvalue weighted by molar-refractivity contribution is -0.913. The summed E-state index contributed by atoms with van der Waals surface area (Å²) >= 11 is 6.71. The predicted molar refractivity (Wildman–Crippen MR) is 105 cm³/mol. The van der Waals surface area contributed by atoms with E-state index < -0.39 is 5.91 Å². The van der Waals surface area contributed by atoms with E-state index in [0.29, 0.717) is 16.1 Å². The molecule has 0 saturated heterocycles. The Labute approximate surface area is 160 Å². The van der Waals surface area contributed by atoms with Crippen molar-refractivity contribution < 1.29 is 14.5 Å². The van der Waals surface area contributed by atoms with E-state index in [2.05, 4.69) is 22.5 Å². The van der Waals surface area contributed by atoms with Gasteiger partial charge in [-0.1, -0.05) is 0 Å². The Morgan fingerprint density at radius 1 is 1.46 bits per heavy atom. The van der Waals surface area contributed by atoms with Crippen LogP contribution in [-0.2, 0) is 13.0 Å². The number of thiocarbonyl (C=S) groups is 1. The number of pyridine rings is 1. The van der Waals surface area contributed by atoms with Crippen LogP contribution in [0, 0.1) is 0 Å². The third-order valence-corrected chi connectivity index (χ3v) is 5.71. The van der Waals surface area contributed by atoms with Crippen LogP contribution in [0.4, 0.5) is 5.00 Å². The summed E-state index contributed by atoms with van der Waals surface area (Å²) in [4.78, 5) is 30.7. The molecule has 26 heavy (non-hydrogen) atoms. The van der Waals surface area contributed by atoms with E-state index in [1.165, 1.54) is 22.4 Å². The second kappa shape index (κ2) is 7.90. The van der Waals surface area contributed by atoms with E-state index in [9.17, 15) is 9.59 Å². The van der Waals surface area contributed by atoms with E-state index in [1.807, 2.05) is 0 Å². The van der Waals surface area contributed by atoms with Crippen molar-refractivity contribution in [3.63, 3.8) is 0 Å². The minimum absolute atomic E-state index is 0.125. The van der Waals surface area contributed by atoms with Gasteiger partial charge in [-0.25, -0.2) is 0 Å². The maximum absolute atomic E-state index is 12.2. The number of amides is 2. The molecule has 0 aliphatic carbocycles. The normalized spacial score (nSPS) is 15.8. The highest BCUT2D eigenvalue weighted by Crippen LogP contribution is 2.34. The number of likely N-dealkylation sites (N-methyl/N-ethyl adjacent to an activating group) is 1. The van der Waals surface area contributed by atoms with Crippen molar-refractivity contribution in [2.45, 2.75) is 19.9 Å². The Kier molecular flexibility index (Phi) is 5.60. The zero-order valence-corrected chi connectivity index (χ0v) is 15.9. The quantitative estimate of drug-likeness (QED) is 0.564. The third kappa shape index (κ3) is 3.90. The van der Waals surface area contributed by atoms with Gasteiger partial charge < -0.3 is 16.0 Å². The molecule has 7 nitrogen and oxygen atoms in total. The largest absolute Gasteiger partial charge is 0.365 e. The van der Waals surface area contributed by atoms with Gasteiger partial charge in [0.25, 0.3) is 11.8 Å². The molecule has 1 aliphatic heterocycles. The van der Waals surface area contributed by atoms with Crippen LogP contribution in [0.5, 0.6) is 0 Å². The fourth-order valence-corrected chi connectivity index (χ4v) is 4.58. The van der Waals surface area contributed by atoms with Gasteiger partial charge in [0.1, 0.15) is 11.5 Å². The van der Waals surface area contributed by atoms with E-state index >= 15 is 0 Å². The first kappa shape index (κ1) is 18.4. The highest BCUT2D eigenvalue weighted by molar-refractivity contribution is 7.80. The highest BCUT2D eigenvalue weighted by Gasteiger charge is 2.28. The molecule has 1 aliphatic rings. The summed E-state index contributed by atoms with van der Waals surface area (Å²) in [6.45, 7) is 5.02. The monoisotopic (exact) mass is 390 g/mol. The zero-order chi connectivity index (χ0) is 18.7. The number of nitrogens with one attached hydrogen (secondary N) is 3. The molecular formula is C17H20N5O2S2+. The number of hydrogen-bond acceptors (Lipinski definition) is 5. The number of carbonyl (C=O) groups is 2. The fourth-order valence-electron chi connectivity index (χ4n) is 2.99. The fraction of sp³-hybridized carbons (Fsp3) is 0.294. The molecular weight excluding hydrogens is 370 g/mol. The van der Waals surface area contributed by atoms with E-state index in [4.69, 9.17) is 18.0 Å². The first-order chi connectivity index (χ1) is 12.5. The summed E-state index contributed by atoms with van der Waals surface area (Å²) in [5, 5.41) is 6.29. The van der Waals surface area contributed by atoms with Crippen LogP contribution in [0.1, 0.15) is 38.1 Å². The number of nitrogens with two attached hydrogens (primary N) is 1. The Morgan fingerprint density at radius 3 is 2.92 bits per heavy atom. The van der Waals surface area contributed by atoms with Crippen molar-refractivity contribution in [3.8, 4) is 0 Å². The van der Waals surface area contributed by atoms with Crippen LogP contribution in [0.2, 0.25) is 0 Å². The molecule has 5 N–H and O–H groups in total. The van der Waals surface area contributed by atoms with Gasteiger partial charge in [-0.15, -0.1) is 11.3 Å². The maximum Gasteiger partial charge on any atom is 0.258 e. The van der Waals surface area contributed by atoms with Crippen molar-refractivity contribution in [3.05, 3.63) is 46.1 Å². The number of nitrogens with zero attached hydrogens (tertiary/aromatic N) is 1. The lowest BCUT2D eigenvalue weighted by Gasteiger charge is -2.22. The summed E-state index contributed by atoms with van der Waals surface area (Å²) in [5.41, 5.74) is 7.49. The molecule has 0 saturated carbocycles.